The molecule has 2 heterocycles. The number of rotatable bonds is 5. The van der Waals surface area contributed by atoms with Gasteiger partial charge in [0.25, 0.3) is 0 Å². The van der Waals surface area contributed by atoms with Gasteiger partial charge >= 0.3 is 0 Å². The lowest BCUT2D eigenvalue weighted by Crippen LogP contribution is -2.37. The molecule has 6 heteroatoms. The molecule has 2 aromatic rings. The van der Waals surface area contributed by atoms with E-state index in [1.54, 1.807) is 0 Å². The van der Waals surface area contributed by atoms with Crippen molar-refractivity contribution in [3.63, 3.8) is 0 Å². The molecule has 0 amide bonds. The average Bonchev–Trinajstić information content (AvgIpc) is 3.13. The van der Waals surface area contributed by atoms with Gasteiger partial charge in [0.2, 0.25) is 0 Å². The van der Waals surface area contributed by atoms with Crippen LogP contribution in [0.15, 0.2) is 47.7 Å². The smallest absolute Gasteiger partial charge is 0.189 e. The third-order valence-electron chi connectivity index (χ3n) is 3.74. The molecule has 1 aliphatic rings. The lowest BCUT2D eigenvalue weighted by atomic mass is 10.1. The van der Waals surface area contributed by atoms with Gasteiger partial charge in [0.05, 0.1) is 6.10 Å². The Bertz CT molecular complexity index is 636. The van der Waals surface area contributed by atoms with Crippen LogP contribution in [0.5, 0.6) is 0 Å². The maximum atomic E-state index is 5.85. The van der Waals surface area contributed by atoms with Crippen LogP contribution in [0.3, 0.4) is 0 Å². The van der Waals surface area contributed by atoms with Crippen LogP contribution in [0.2, 0.25) is 0 Å². The van der Waals surface area contributed by atoms with Crippen molar-refractivity contribution in [2.75, 3.05) is 13.2 Å². The van der Waals surface area contributed by atoms with Gasteiger partial charge in [-0.3, -0.25) is 0 Å². The van der Waals surface area contributed by atoms with Gasteiger partial charge in [-0.25, -0.2) is 15.0 Å². The highest BCUT2D eigenvalue weighted by molar-refractivity contribution is 5.77. The second-order valence-corrected chi connectivity index (χ2v) is 5.47. The molecular weight excluding hydrogens is 290 g/mol. The van der Waals surface area contributed by atoms with E-state index in [4.69, 9.17) is 10.5 Å². The minimum absolute atomic E-state index is 0.241. The molecule has 1 aromatic carbocycles. The lowest BCUT2D eigenvalue weighted by molar-refractivity contribution is 0.114. The van der Waals surface area contributed by atoms with Crippen molar-refractivity contribution >= 4 is 5.96 Å². The fourth-order valence-electron chi connectivity index (χ4n) is 2.45. The fraction of sp³-hybridized carbons (Fsp3) is 0.353. The molecule has 0 radical (unpaired) electrons. The summed E-state index contributed by atoms with van der Waals surface area (Å²) < 4.78 is 5.52. The predicted octanol–water partition coefficient (Wildman–Crippen LogP) is 1.73. The van der Waals surface area contributed by atoms with Gasteiger partial charge in [-0.05, 0) is 18.4 Å². The van der Waals surface area contributed by atoms with E-state index in [0.717, 1.165) is 30.6 Å². The molecule has 1 unspecified atom stereocenters. The Kier molecular flexibility index (Phi) is 5.16. The van der Waals surface area contributed by atoms with E-state index < -0.39 is 0 Å². The third-order valence-corrected chi connectivity index (χ3v) is 3.74. The van der Waals surface area contributed by atoms with E-state index in [1.807, 2.05) is 42.7 Å². The number of nitrogens with two attached hydrogens (primary N) is 1. The van der Waals surface area contributed by atoms with Crippen LogP contribution in [-0.2, 0) is 11.3 Å². The molecule has 1 atom stereocenters. The molecule has 1 saturated heterocycles. The SMILES string of the molecule is NC(=NCc1ncc(-c2ccccc2)cn1)NCC1CCCO1. The van der Waals surface area contributed by atoms with Crippen LogP contribution in [-0.4, -0.2) is 35.2 Å². The minimum atomic E-state index is 0.241. The van der Waals surface area contributed by atoms with E-state index >= 15 is 0 Å². The summed E-state index contributed by atoms with van der Waals surface area (Å²) in [4.78, 5) is 12.9. The Hall–Kier alpha value is -2.47. The highest BCUT2D eigenvalue weighted by Crippen LogP contribution is 2.16. The minimum Gasteiger partial charge on any atom is -0.376 e. The van der Waals surface area contributed by atoms with Crippen molar-refractivity contribution in [1.82, 2.24) is 15.3 Å². The normalized spacial score (nSPS) is 18.1. The number of hydrogen-bond acceptors (Lipinski definition) is 4. The first-order chi connectivity index (χ1) is 11.3. The van der Waals surface area contributed by atoms with Crippen LogP contribution < -0.4 is 11.1 Å². The molecular formula is C17H21N5O. The van der Waals surface area contributed by atoms with Crippen molar-refractivity contribution in [2.45, 2.75) is 25.5 Å². The molecule has 0 spiro atoms. The predicted molar refractivity (Wildman–Crippen MR) is 89.8 cm³/mol. The summed E-state index contributed by atoms with van der Waals surface area (Å²) >= 11 is 0. The van der Waals surface area contributed by atoms with E-state index in [-0.39, 0.29) is 6.10 Å². The van der Waals surface area contributed by atoms with Crippen molar-refractivity contribution in [3.8, 4) is 11.1 Å². The second kappa shape index (κ2) is 7.69. The van der Waals surface area contributed by atoms with Gasteiger partial charge in [-0.2, -0.15) is 0 Å². The lowest BCUT2D eigenvalue weighted by Gasteiger charge is -2.10. The molecule has 1 fully saturated rings. The number of nitrogens with one attached hydrogen (secondary N) is 1. The van der Waals surface area contributed by atoms with Gasteiger partial charge < -0.3 is 15.8 Å². The van der Waals surface area contributed by atoms with Crippen molar-refractivity contribution in [3.05, 3.63) is 48.5 Å². The molecule has 3 N–H and O–H groups in total. The maximum Gasteiger partial charge on any atom is 0.189 e. The summed E-state index contributed by atoms with van der Waals surface area (Å²) in [6.45, 7) is 1.90. The van der Waals surface area contributed by atoms with Crippen molar-refractivity contribution in [2.24, 2.45) is 10.7 Å². The molecule has 0 bridgehead atoms. The van der Waals surface area contributed by atoms with E-state index in [1.165, 1.54) is 0 Å². The number of nitrogens with zero attached hydrogens (tertiary/aromatic N) is 3. The quantitative estimate of drug-likeness (QED) is 0.649. The number of aliphatic imine (C=N–C) groups is 1. The van der Waals surface area contributed by atoms with Gasteiger partial charge in [-0.1, -0.05) is 30.3 Å². The van der Waals surface area contributed by atoms with Crippen LogP contribution in [0.1, 0.15) is 18.7 Å². The van der Waals surface area contributed by atoms with E-state index in [9.17, 15) is 0 Å². The third kappa shape index (κ3) is 4.50. The zero-order valence-corrected chi connectivity index (χ0v) is 13.0. The summed E-state index contributed by atoms with van der Waals surface area (Å²) in [5.74, 6) is 1.04. The van der Waals surface area contributed by atoms with Crippen molar-refractivity contribution < 1.29 is 4.74 Å². The Balaban J connectivity index is 1.52. The standard InChI is InChI=1S/C17H21N5O/c18-17(21-11-15-7-4-8-23-15)22-12-16-19-9-14(10-20-16)13-5-2-1-3-6-13/h1-3,5-6,9-10,15H,4,7-8,11-12H2,(H3,18,21,22). The molecule has 0 aliphatic carbocycles. The summed E-state index contributed by atoms with van der Waals surface area (Å²) in [6.07, 6.45) is 6.05. The van der Waals surface area contributed by atoms with Gasteiger partial charge in [0.15, 0.2) is 5.96 Å². The summed E-state index contributed by atoms with van der Waals surface area (Å²) in [6, 6.07) is 10.0. The average molecular weight is 311 g/mol. The summed E-state index contributed by atoms with van der Waals surface area (Å²) in [5, 5.41) is 3.08. The maximum absolute atomic E-state index is 5.85. The van der Waals surface area contributed by atoms with Crippen LogP contribution in [0, 0.1) is 0 Å². The fourth-order valence-corrected chi connectivity index (χ4v) is 2.45. The number of benzene rings is 1. The van der Waals surface area contributed by atoms with E-state index in [2.05, 4.69) is 20.3 Å². The van der Waals surface area contributed by atoms with Gasteiger partial charge in [0.1, 0.15) is 12.4 Å². The van der Waals surface area contributed by atoms with Gasteiger partial charge in [-0.15, -0.1) is 0 Å². The largest absolute Gasteiger partial charge is 0.376 e. The molecule has 3 rings (SSSR count). The number of hydrogen-bond donors (Lipinski definition) is 2. The summed E-state index contributed by atoms with van der Waals surface area (Å²) in [7, 11) is 0. The Morgan fingerprint density at radius 1 is 1.22 bits per heavy atom. The molecule has 1 aromatic heterocycles. The number of aromatic nitrogens is 2. The van der Waals surface area contributed by atoms with Crippen molar-refractivity contribution in [1.29, 1.82) is 0 Å². The Morgan fingerprint density at radius 2 is 2.00 bits per heavy atom. The van der Waals surface area contributed by atoms with Crippen LogP contribution in [0.4, 0.5) is 0 Å². The number of guanidine groups is 1. The highest BCUT2D eigenvalue weighted by atomic mass is 16.5. The Morgan fingerprint density at radius 3 is 2.70 bits per heavy atom. The molecule has 120 valence electrons. The van der Waals surface area contributed by atoms with Crippen LogP contribution in [0.25, 0.3) is 11.1 Å². The zero-order chi connectivity index (χ0) is 15.9. The van der Waals surface area contributed by atoms with Crippen LogP contribution >= 0.6 is 0 Å². The monoisotopic (exact) mass is 311 g/mol. The first kappa shape index (κ1) is 15.4. The molecule has 6 nitrogen and oxygen atoms in total. The zero-order valence-electron chi connectivity index (χ0n) is 13.0. The highest BCUT2D eigenvalue weighted by Gasteiger charge is 2.14. The summed E-state index contributed by atoms with van der Waals surface area (Å²) in [5.41, 5.74) is 7.93. The first-order valence-corrected chi connectivity index (χ1v) is 7.83. The van der Waals surface area contributed by atoms with Gasteiger partial charge in [0, 0.05) is 31.1 Å². The first-order valence-electron chi connectivity index (χ1n) is 7.83. The Labute approximate surface area is 135 Å². The topological polar surface area (TPSA) is 85.4 Å². The number of ether oxygens (including phenoxy) is 1. The second-order valence-electron chi connectivity index (χ2n) is 5.47. The van der Waals surface area contributed by atoms with E-state index in [0.29, 0.717) is 24.9 Å². The molecule has 1 aliphatic heterocycles. The molecule has 23 heavy (non-hydrogen) atoms. The molecule has 0 saturated carbocycles.